The Morgan fingerprint density at radius 3 is 2.20 bits per heavy atom. The molecule has 9 nitrogen and oxygen atoms in total. The fraction of sp³-hybridized carbons (Fsp3) is 0.333. The van der Waals surface area contributed by atoms with Gasteiger partial charge in [0.25, 0.3) is 5.56 Å². The molecule has 1 atom stereocenters. The summed E-state index contributed by atoms with van der Waals surface area (Å²) < 4.78 is 26.3. The van der Waals surface area contributed by atoms with Gasteiger partial charge in [-0.3, -0.25) is 19.2 Å². The predicted octanol–water partition coefficient (Wildman–Crippen LogP) is 3.63. The van der Waals surface area contributed by atoms with Crippen molar-refractivity contribution in [3.63, 3.8) is 0 Å². The van der Waals surface area contributed by atoms with Crippen LogP contribution in [0.2, 0.25) is 0 Å². The molecule has 1 N–H and O–H groups in total. The van der Waals surface area contributed by atoms with Crippen LogP contribution in [-0.4, -0.2) is 41.3 Å². The summed E-state index contributed by atoms with van der Waals surface area (Å²) in [6, 6.07) is 12.9. The van der Waals surface area contributed by atoms with Crippen molar-refractivity contribution in [3.05, 3.63) is 92.9 Å². The van der Waals surface area contributed by atoms with Gasteiger partial charge < -0.3 is 4.57 Å². The lowest BCUT2D eigenvalue weighted by atomic mass is 9.88. The molecule has 0 spiro atoms. The van der Waals surface area contributed by atoms with Crippen molar-refractivity contribution >= 4 is 27.4 Å². The number of benzene rings is 2. The van der Waals surface area contributed by atoms with Crippen molar-refractivity contribution in [2.24, 2.45) is 7.05 Å². The zero-order valence-electron chi connectivity index (χ0n) is 23.1. The largest absolute Gasteiger partial charge is 0.318 e. The molecule has 0 bridgehead atoms. The maximum Gasteiger partial charge on any atom is 0.250 e. The summed E-state index contributed by atoms with van der Waals surface area (Å²) >= 11 is 0. The van der Waals surface area contributed by atoms with Crippen LogP contribution in [0, 0.1) is 6.92 Å². The molecule has 1 aliphatic heterocycles. The first-order valence-corrected chi connectivity index (χ1v) is 15.0. The van der Waals surface area contributed by atoms with Gasteiger partial charge in [0.2, 0.25) is 11.8 Å². The van der Waals surface area contributed by atoms with E-state index in [0.717, 1.165) is 10.6 Å². The highest BCUT2D eigenvalue weighted by molar-refractivity contribution is 7.90. The van der Waals surface area contributed by atoms with Gasteiger partial charge >= 0.3 is 0 Å². The number of pyridine rings is 1. The summed E-state index contributed by atoms with van der Waals surface area (Å²) in [4.78, 5) is 51.3. The number of sulfone groups is 1. The summed E-state index contributed by atoms with van der Waals surface area (Å²) in [5, 5.41) is 0.998. The Labute approximate surface area is 233 Å². The van der Waals surface area contributed by atoms with Crippen LogP contribution in [0.5, 0.6) is 0 Å². The number of hydrogen-bond donors (Lipinski definition) is 1. The van der Waals surface area contributed by atoms with Gasteiger partial charge in [0.1, 0.15) is 0 Å². The highest BCUT2D eigenvalue weighted by Crippen LogP contribution is 2.34. The molecular weight excluding hydrogens is 530 g/mol. The van der Waals surface area contributed by atoms with Gasteiger partial charge in [-0.15, -0.1) is 0 Å². The van der Waals surface area contributed by atoms with Gasteiger partial charge in [0.05, 0.1) is 11.8 Å². The molecule has 2 aromatic carbocycles. The monoisotopic (exact) mass is 563 g/mol. The lowest BCUT2D eigenvalue weighted by molar-refractivity contribution is -0.143. The quantitative estimate of drug-likeness (QED) is 0.295. The molecule has 0 aliphatic carbocycles. The number of aryl methyl sites for hydroxylation is 2. The molecule has 2 amide bonds. The van der Waals surface area contributed by atoms with Crippen LogP contribution in [0.4, 0.5) is 0 Å². The van der Waals surface area contributed by atoms with E-state index in [-0.39, 0.29) is 47.5 Å². The fourth-order valence-corrected chi connectivity index (χ4v) is 5.62. The smallest absolute Gasteiger partial charge is 0.250 e. The summed E-state index contributed by atoms with van der Waals surface area (Å²) in [5.74, 6) is -1.20. The molecule has 10 heteroatoms. The molecule has 4 rings (SSSR count). The number of nitrogens with zero attached hydrogens (tertiary/aromatic N) is 2. The Hall–Kier alpha value is -3.89. The Bertz CT molecular complexity index is 1620. The lowest BCUT2D eigenvalue weighted by Crippen LogP contribution is -2.44. The molecule has 0 radical (unpaired) electrons. The van der Waals surface area contributed by atoms with Crippen LogP contribution in [0.3, 0.4) is 0 Å². The topological polar surface area (TPSA) is 123 Å². The maximum atomic E-state index is 13.8. The molecule has 3 aromatic rings. The lowest BCUT2D eigenvalue weighted by Gasteiger charge is -2.26. The first-order chi connectivity index (χ1) is 18.9. The molecule has 0 saturated carbocycles. The van der Waals surface area contributed by atoms with E-state index in [9.17, 15) is 27.6 Å². The average Bonchev–Trinajstić information content (AvgIpc) is 3.24. The van der Waals surface area contributed by atoms with Gasteiger partial charge in [-0.25, -0.2) is 18.9 Å². The van der Waals surface area contributed by atoms with E-state index in [1.807, 2.05) is 26.0 Å². The Kier molecular flexibility index (Phi) is 8.51. The van der Waals surface area contributed by atoms with E-state index < -0.39 is 15.9 Å². The standard InChI is InChI=1S/C30H33N3O6S/c1-5-26(31-33-27(34)13-14-28(33)35)24-16-29(36)32(4)17-25(24)23-15-20(18-40(38,39)6-2)9-12-22(23)30(37)21-10-7-19(3)8-11-21/h7-12,15-17,26,31H,5-6,13-14,18H2,1-4H3/t26-/m0/s1. The second-order valence-corrected chi connectivity index (χ2v) is 12.4. The van der Waals surface area contributed by atoms with Crippen molar-refractivity contribution < 1.29 is 22.8 Å². The van der Waals surface area contributed by atoms with E-state index in [2.05, 4.69) is 5.43 Å². The highest BCUT2D eigenvalue weighted by Gasteiger charge is 2.32. The van der Waals surface area contributed by atoms with E-state index in [1.165, 1.54) is 10.6 Å². The molecule has 1 aromatic heterocycles. The van der Waals surface area contributed by atoms with E-state index >= 15 is 0 Å². The van der Waals surface area contributed by atoms with Gasteiger partial charge in [0.15, 0.2) is 15.6 Å². The Balaban J connectivity index is 1.93. The van der Waals surface area contributed by atoms with Crippen LogP contribution in [-0.2, 0) is 32.2 Å². The second-order valence-electron chi connectivity index (χ2n) is 10.1. The Morgan fingerprint density at radius 1 is 0.950 bits per heavy atom. The van der Waals surface area contributed by atoms with Crippen LogP contribution in [0.15, 0.2) is 59.5 Å². The number of amides is 2. The number of imide groups is 1. The minimum absolute atomic E-state index is 0.0306. The second kappa shape index (κ2) is 11.7. The molecule has 210 valence electrons. The van der Waals surface area contributed by atoms with Crippen LogP contribution >= 0.6 is 0 Å². The van der Waals surface area contributed by atoms with Crippen molar-refractivity contribution in [1.82, 2.24) is 15.0 Å². The van der Waals surface area contributed by atoms with Crippen LogP contribution in [0.25, 0.3) is 11.1 Å². The minimum Gasteiger partial charge on any atom is -0.318 e. The van der Waals surface area contributed by atoms with Gasteiger partial charge in [-0.05, 0) is 36.1 Å². The van der Waals surface area contributed by atoms with Crippen LogP contribution < -0.4 is 11.0 Å². The summed E-state index contributed by atoms with van der Waals surface area (Å²) in [5.41, 5.74) is 6.46. The molecule has 1 aliphatic rings. The number of nitrogens with one attached hydrogen (secondary N) is 1. The normalized spacial score (nSPS) is 14.6. The van der Waals surface area contributed by atoms with Gasteiger partial charge in [-0.2, -0.15) is 0 Å². The third kappa shape index (κ3) is 6.13. The van der Waals surface area contributed by atoms with Gasteiger partial charge in [-0.1, -0.05) is 55.8 Å². The van der Waals surface area contributed by atoms with Gasteiger partial charge in [0, 0.05) is 54.6 Å². The first-order valence-electron chi connectivity index (χ1n) is 13.2. The SMILES string of the molecule is CC[C@H](NN1C(=O)CCC1=O)c1cc(=O)n(C)cc1-c1cc(CS(=O)(=O)CC)ccc1C(=O)c1ccc(C)cc1. The summed E-state index contributed by atoms with van der Waals surface area (Å²) in [7, 11) is -1.78. The zero-order chi connectivity index (χ0) is 29.2. The number of hydrazine groups is 1. The molecule has 40 heavy (non-hydrogen) atoms. The number of hydrogen-bond acceptors (Lipinski definition) is 7. The third-order valence-corrected chi connectivity index (χ3v) is 8.79. The average molecular weight is 564 g/mol. The number of carbonyl (C=O) groups excluding carboxylic acids is 3. The highest BCUT2D eigenvalue weighted by atomic mass is 32.2. The Morgan fingerprint density at radius 2 is 1.60 bits per heavy atom. The number of carbonyl (C=O) groups is 3. The molecule has 1 saturated heterocycles. The molecule has 1 fully saturated rings. The van der Waals surface area contributed by atoms with Crippen molar-refractivity contribution in [2.75, 3.05) is 5.75 Å². The van der Waals surface area contributed by atoms with E-state index in [0.29, 0.717) is 39.8 Å². The van der Waals surface area contributed by atoms with E-state index in [4.69, 9.17) is 0 Å². The molecular formula is C30H33N3O6S. The predicted molar refractivity (Wildman–Crippen MR) is 152 cm³/mol. The van der Waals surface area contributed by atoms with Crippen molar-refractivity contribution in [1.29, 1.82) is 0 Å². The summed E-state index contributed by atoms with van der Waals surface area (Å²) in [6.07, 6.45) is 2.24. The molecule has 0 unspecified atom stereocenters. The maximum absolute atomic E-state index is 13.8. The zero-order valence-corrected chi connectivity index (χ0v) is 23.9. The number of rotatable bonds is 10. The minimum atomic E-state index is -3.37. The van der Waals surface area contributed by atoms with Crippen LogP contribution in [0.1, 0.15) is 71.8 Å². The first kappa shape index (κ1) is 29.1. The summed E-state index contributed by atoms with van der Waals surface area (Å²) in [6.45, 7) is 5.36. The van der Waals surface area contributed by atoms with E-state index in [1.54, 1.807) is 50.5 Å². The van der Waals surface area contributed by atoms with Crippen molar-refractivity contribution in [2.45, 2.75) is 51.8 Å². The number of aromatic nitrogens is 1. The van der Waals surface area contributed by atoms with Crippen molar-refractivity contribution in [3.8, 4) is 11.1 Å². The fourth-order valence-electron chi connectivity index (χ4n) is 4.73. The molecule has 2 heterocycles. The number of ketones is 1. The third-order valence-electron chi connectivity index (χ3n) is 7.14.